The van der Waals surface area contributed by atoms with Crippen LogP contribution in [0.5, 0.6) is 0 Å². The van der Waals surface area contributed by atoms with Crippen LogP contribution < -0.4 is 5.32 Å². The monoisotopic (exact) mass is 480 g/mol. The first-order chi connectivity index (χ1) is 15.2. The van der Waals surface area contributed by atoms with E-state index in [-0.39, 0.29) is 27.6 Å². The highest BCUT2D eigenvalue weighted by Crippen LogP contribution is 2.55. The molecule has 3 heterocycles. The first-order valence-corrected chi connectivity index (χ1v) is 12.0. The summed E-state index contributed by atoms with van der Waals surface area (Å²) in [4.78, 5) is 18.1. The van der Waals surface area contributed by atoms with Crippen molar-refractivity contribution in [1.82, 2.24) is 19.9 Å². The molecule has 4 aliphatic rings. The predicted molar refractivity (Wildman–Crippen MR) is 115 cm³/mol. The summed E-state index contributed by atoms with van der Waals surface area (Å²) in [5.41, 5.74) is -1.53. The van der Waals surface area contributed by atoms with Crippen LogP contribution in [-0.2, 0) is 6.18 Å². The van der Waals surface area contributed by atoms with E-state index in [0.29, 0.717) is 27.1 Å². The van der Waals surface area contributed by atoms with Crippen LogP contribution in [0.2, 0.25) is 5.02 Å². The fraction of sp³-hybridized carbons (Fsp3) is 0.500. The molecule has 4 fully saturated rings. The predicted octanol–water partition coefficient (Wildman–Crippen LogP) is 5.83. The molecule has 5 nitrogen and oxygen atoms in total. The van der Waals surface area contributed by atoms with Crippen molar-refractivity contribution in [2.24, 2.45) is 17.8 Å². The Morgan fingerprint density at radius 1 is 1.19 bits per heavy atom. The molecule has 4 bridgehead atoms. The maximum atomic E-state index is 13.8. The minimum Gasteiger partial charge on any atom is -0.345 e. The Bertz CT molecular complexity index is 1180. The summed E-state index contributed by atoms with van der Waals surface area (Å²) in [6, 6.07) is 4.37. The molecule has 3 aromatic rings. The second-order valence-corrected chi connectivity index (χ2v) is 10.9. The first-order valence-electron chi connectivity index (χ1n) is 10.7. The number of fused-ring (bicyclic) bond motifs is 1. The van der Waals surface area contributed by atoms with Crippen LogP contribution >= 0.6 is 22.9 Å². The molecule has 3 aromatic heterocycles. The van der Waals surface area contributed by atoms with Crippen molar-refractivity contribution >= 4 is 34.5 Å². The lowest BCUT2D eigenvalue weighted by Gasteiger charge is -2.56. The highest BCUT2D eigenvalue weighted by Gasteiger charge is 2.52. The zero-order chi connectivity index (χ0) is 22.3. The summed E-state index contributed by atoms with van der Waals surface area (Å²) in [6.45, 7) is 0. The lowest BCUT2D eigenvalue weighted by molar-refractivity contribution is -0.142. The molecule has 0 atom stereocenters. The van der Waals surface area contributed by atoms with Gasteiger partial charge in [0, 0.05) is 5.54 Å². The smallest absolute Gasteiger partial charge is 0.345 e. The molecular weight excluding hydrogens is 461 g/mol. The molecule has 1 amide bonds. The molecular formula is C22H20ClF3N4OS. The summed E-state index contributed by atoms with van der Waals surface area (Å²) in [5.74, 6) is 1.33. The molecule has 0 saturated heterocycles. The van der Waals surface area contributed by atoms with Crippen molar-refractivity contribution in [3.05, 3.63) is 40.0 Å². The van der Waals surface area contributed by atoms with E-state index in [4.69, 9.17) is 11.6 Å². The van der Waals surface area contributed by atoms with E-state index < -0.39 is 17.8 Å². The van der Waals surface area contributed by atoms with Gasteiger partial charge < -0.3 is 5.32 Å². The Morgan fingerprint density at radius 2 is 1.84 bits per heavy atom. The minimum atomic E-state index is -4.68. The molecule has 1 N–H and O–H groups in total. The number of thiophene rings is 1. The number of hydrogen-bond acceptors (Lipinski definition) is 4. The van der Waals surface area contributed by atoms with Gasteiger partial charge in [-0.1, -0.05) is 17.7 Å². The summed E-state index contributed by atoms with van der Waals surface area (Å²) >= 11 is 7.70. The number of nitrogens with zero attached hydrogens (tertiary/aromatic N) is 3. The second kappa shape index (κ2) is 6.93. The molecule has 0 aliphatic heterocycles. The quantitative estimate of drug-likeness (QED) is 0.513. The van der Waals surface area contributed by atoms with E-state index in [0.717, 1.165) is 25.3 Å². The van der Waals surface area contributed by atoms with Crippen molar-refractivity contribution in [2.45, 2.75) is 50.2 Å². The molecule has 0 aromatic carbocycles. The van der Waals surface area contributed by atoms with Crippen molar-refractivity contribution in [3.63, 3.8) is 0 Å². The summed E-state index contributed by atoms with van der Waals surface area (Å²) in [5, 5.41) is 8.73. The average molecular weight is 481 g/mol. The van der Waals surface area contributed by atoms with Gasteiger partial charge in [0.15, 0.2) is 17.0 Å². The number of amides is 1. The van der Waals surface area contributed by atoms with Crippen LogP contribution in [0.3, 0.4) is 0 Å². The summed E-state index contributed by atoms with van der Waals surface area (Å²) in [6.07, 6.45) is 1.73. The zero-order valence-corrected chi connectivity index (χ0v) is 18.5. The molecule has 168 valence electrons. The fourth-order valence-corrected chi connectivity index (χ4v) is 7.38. The average Bonchev–Trinajstić information content (AvgIpc) is 3.34. The Hall–Kier alpha value is -2.13. The van der Waals surface area contributed by atoms with Crippen LogP contribution in [-0.4, -0.2) is 26.0 Å². The molecule has 0 spiro atoms. The summed E-state index contributed by atoms with van der Waals surface area (Å²) in [7, 11) is 0. The Kier molecular flexibility index (Phi) is 4.44. The van der Waals surface area contributed by atoms with Crippen molar-refractivity contribution in [2.75, 3.05) is 0 Å². The number of nitrogens with one attached hydrogen (secondary N) is 1. The van der Waals surface area contributed by atoms with E-state index >= 15 is 0 Å². The maximum absolute atomic E-state index is 13.8. The SMILES string of the molecule is O=C(NC12CC3CC(CC(C3)C1)C2)c1nn2c(C(F)(F)F)cc(-c3cccs3)nc2c1Cl. The van der Waals surface area contributed by atoms with Gasteiger partial charge in [-0.15, -0.1) is 11.3 Å². The number of halogens is 4. The summed E-state index contributed by atoms with van der Waals surface area (Å²) < 4.78 is 42.2. The third-order valence-corrected chi connectivity index (χ3v) is 8.47. The molecule has 7 rings (SSSR count). The van der Waals surface area contributed by atoms with E-state index in [1.54, 1.807) is 17.5 Å². The molecule has 10 heteroatoms. The molecule has 0 radical (unpaired) electrons. The van der Waals surface area contributed by atoms with Crippen LogP contribution in [0.4, 0.5) is 13.2 Å². The van der Waals surface area contributed by atoms with Crippen LogP contribution in [0.1, 0.15) is 54.7 Å². The highest BCUT2D eigenvalue weighted by molar-refractivity contribution is 7.13. The maximum Gasteiger partial charge on any atom is 0.433 e. The van der Waals surface area contributed by atoms with E-state index in [1.165, 1.54) is 30.6 Å². The van der Waals surface area contributed by atoms with E-state index in [9.17, 15) is 18.0 Å². The van der Waals surface area contributed by atoms with Gasteiger partial charge in [0.1, 0.15) is 5.02 Å². The first kappa shape index (κ1) is 20.5. The Labute approximate surface area is 191 Å². The standard InChI is InChI=1S/C22H20ClF3N4OS/c23-17-18(20(31)28-21-8-11-4-12(9-21)6-13(5-11)10-21)29-30-16(22(24,25)26)7-14(27-19(17)30)15-2-1-3-32-15/h1-3,7,11-13H,4-6,8-10H2,(H,28,31). The van der Waals surface area contributed by atoms with Gasteiger partial charge in [0.25, 0.3) is 5.91 Å². The van der Waals surface area contributed by atoms with Gasteiger partial charge in [-0.25, -0.2) is 9.50 Å². The third kappa shape index (κ3) is 3.23. The van der Waals surface area contributed by atoms with Crippen molar-refractivity contribution in [1.29, 1.82) is 0 Å². The number of aromatic nitrogens is 3. The lowest BCUT2D eigenvalue weighted by atomic mass is 9.53. The highest BCUT2D eigenvalue weighted by atomic mass is 35.5. The normalized spacial score (nSPS) is 29.1. The van der Waals surface area contributed by atoms with Crippen molar-refractivity contribution < 1.29 is 18.0 Å². The van der Waals surface area contributed by atoms with Crippen LogP contribution in [0.15, 0.2) is 23.6 Å². The lowest BCUT2D eigenvalue weighted by Crippen LogP contribution is -2.59. The molecule has 0 unspecified atom stereocenters. The fourth-order valence-electron chi connectivity index (χ4n) is 6.45. The molecule has 4 saturated carbocycles. The number of carbonyl (C=O) groups excluding carboxylic acids is 1. The Balaban J connectivity index is 1.41. The molecule has 32 heavy (non-hydrogen) atoms. The Morgan fingerprint density at radius 3 is 2.41 bits per heavy atom. The van der Waals surface area contributed by atoms with Gasteiger partial charge in [0.2, 0.25) is 0 Å². The number of carbonyl (C=O) groups is 1. The van der Waals surface area contributed by atoms with Crippen LogP contribution in [0, 0.1) is 17.8 Å². The van der Waals surface area contributed by atoms with E-state index in [2.05, 4.69) is 15.4 Å². The van der Waals surface area contributed by atoms with Gasteiger partial charge in [-0.05, 0) is 73.8 Å². The topological polar surface area (TPSA) is 59.3 Å². The van der Waals surface area contributed by atoms with Crippen LogP contribution in [0.25, 0.3) is 16.2 Å². The number of rotatable bonds is 3. The second-order valence-electron chi connectivity index (χ2n) is 9.55. The van der Waals surface area contributed by atoms with Gasteiger partial charge >= 0.3 is 6.18 Å². The third-order valence-electron chi connectivity index (χ3n) is 7.23. The number of hydrogen-bond donors (Lipinski definition) is 1. The largest absolute Gasteiger partial charge is 0.433 e. The van der Waals surface area contributed by atoms with Gasteiger partial charge in [-0.2, -0.15) is 18.3 Å². The molecule has 4 aliphatic carbocycles. The van der Waals surface area contributed by atoms with E-state index in [1.807, 2.05) is 0 Å². The van der Waals surface area contributed by atoms with Crippen molar-refractivity contribution in [3.8, 4) is 10.6 Å². The zero-order valence-electron chi connectivity index (χ0n) is 17.0. The van der Waals surface area contributed by atoms with Gasteiger partial charge in [0.05, 0.1) is 10.6 Å². The minimum absolute atomic E-state index is 0.148. The number of alkyl halides is 3. The van der Waals surface area contributed by atoms with Gasteiger partial charge in [-0.3, -0.25) is 4.79 Å².